The number of furan rings is 1. The van der Waals surface area contributed by atoms with Crippen LogP contribution >= 0.6 is 0 Å². The number of amides is 3. The van der Waals surface area contributed by atoms with Crippen LogP contribution in [0.4, 0.5) is 5.69 Å². The van der Waals surface area contributed by atoms with Gasteiger partial charge < -0.3 is 19.1 Å². The second-order valence-corrected chi connectivity index (χ2v) is 6.75. The number of nitrogens with zero attached hydrogens (tertiary/aromatic N) is 3. The van der Waals surface area contributed by atoms with Crippen molar-refractivity contribution < 1.29 is 18.8 Å². The molecule has 7 heteroatoms. The summed E-state index contributed by atoms with van der Waals surface area (Å²) in [7, 11) is 0. The van der Waals surface area contributed by atoms with Gasteiger partial charge in [0.25, 0.3) is 5.91 Å². The van der Waals surface area contributed by atoms with Crippen molar-refractivity contribution in [1.29, 1.82) is 0 Å². The van der Waals surface area contributed by atoms with E-state index in [0.29, 0.717) is 32.7 Å². The SMILES string of the molecule is O=C(C(=O)N1CCCc2ccccc21)N1CCN(C(=O)c2ccco2)CC1. The molecule has 1 saturated heterocycles. The third kappa shape index (κ3) is 3.32. The predicted molar refractivity (Wildman–Crippen MR) is 98.3 cm³/mol. The van der Waals surface area contributed by atoms with Crippen molar-refractivity contribution in [2.75, 3.05) is 37.6 Å². The van der Waals surface area contributed by atoms with Crippen molar-refractivity contribution in [3.8, 4) is 0 Å². The van der Waals surface area contributed by atoms with Gasteiger partial charge in [-0.1, -0.05) is 18.2 Å². The summed E-state index contributed by atoms with van der Waals surface area (Å²) in [6.45, 7) is 2.00. The van der Waals surface area contributed by atoms with Crippen LogP contribution < -0.4 is 4.90 Å². The van der Waals surface area contributed by atoms with Crippen LogP contribution in [0.5, 0.6) is 0 Å². The molecule has 4 rings (SSSR count). The average molecular weight is 367 g/mol. The molecule has 1 aromatic heterocycles. The van der Waals surface area contributed by atoms with Gasteiger partial charge in [0.1, 0.15) is 0 Å². The molecular formula is C20H21N3O4. The number of anilines is 1. The number of benzene rings is 1. The minimum absolute atomic E-state index is 0.191. The van der Waals surface area contributed by atoms with E-state index in [2.05, 4.69) is 0 Å². The van der Waals surface area contributed by atoms with Crippen LogP contribution in [0, 0.1) is 0 Å². The molecule has 2 aromatic rings. The number of hydrogen-bond acceptors (Lipinski definition) is 4. The molecule has 7 nitrogen and oxygen atoms in total. The zero-order chi connectivity index (χ0) is 18.8. The highest BCUT2D eigenvalue weighted by Gasteiger charge is 2.33. The molecular weight excluding hydrogens is 346 g/mol. The van der Waals surface area contributed by atoms with Crippen LogP contribution in [0.25, 0.3) is 0 Å². The third-order valence-electron chi connectivity index (χ3n) is 5.12. The molecule has 0 aliphatic carbocycles. The Morgan fingerprint density at radius 3 is 2.30 bits per heavy atom. The number of piperazine rings is 1. The first-order valence-corrected chi connectivity index (χ1v) is 9.16. The first kappa shape index (κ1) is 17.3. The first-order chi connectivity index (χ1) is 13.1. The van der Waals surface area contributed by atoms with Crippen LogP contribution in [0.2, 0.25) is 0 Å². The van der Waals surface area contributed by atoms with Crippen LogP contribution in [0.1, 0.15) is 22.5 Å². The van der Waals surface area contributed by atoms with Crippen molar-refractivity contribution in [2.45, 2.75) is 12.8 Å². The second-order valence-electron chi connectivity index (χ2n) is 6.75. The van der Waals surface area contributed by atoms with Crippen molar-refractivity contribution in [2.24, 2.45) is 0 Å². The lowest BCUT2D eigenvalue weighted by atomic mass is 10.0. The number of fused-ring (bicyclic) bond motifs is 1. The number of carbonyl (C=O) groups is 3. The Kier molecular flexibility index (Phi) is 4.66. The largest absolute Gasteiger partial charge is 0.459 e. The highest BCUT2D eigenvalue weighted by Crippen LogP contribution is 2.27. The minimum atomic E-state index is -0.503. The maximum Gasteiger partial charge on any atom is 0.316 e. The highest BCUT2D eigenvalue weighted by atomic mass is 16.3. The van der Waals surface area contributed by atoms with Crippen LogP contribution in [-0.4, -0.2) is 60.2 Å². The van der Waals surface area contributed by atoms with E-state index in [1.807, 2.05) is 24.3 Å². The van der Waals surface area contributed by atoms with Gasteiger partial charge in [-0.05, 0) is 36.6 Å². The Morgan fingerprint density at radius 2 is 1.56 bits per heavy atom. The summed E-state index contributed by atoms with van der Waals surface area (Å²) in [6, 6.07) is 11.0. The van der Waals surface area contributed by atoms with Gasteiger partial charge in [0.15, 0.2) is 5.76 Å². The number of carbonyl (C=O) groups excluding carboxylic acids is 3. The fourth-order valence-electron chi connectivity index (χ4n) is 3.66. The standard InChI is InChI=1S/C20H21N3O4/c24-18(17-8-4-14-27-17)21-10-12-22(13-11-21)19(25)20(26)23-9-3-6-15-5-1-2-7-16(15)23/h1-2,4-5,7-8,14H,3,6,9-13H2. The maximum absolute atomic E-state index is 12.8. The summed E-state index contributed by atoms with van der Waals surface area (Å²) < 4.78 is 5.14. The van der Waals surface area contributed by atoms with Crippen molar-refractivity contribution in [3.05, 3.63) is 54.0 Å². The van der Waals surface area contributed by atoms with Crippen molar-refractivity contribution >= 4 is 23.4 Å². The van der Waals surface area contributed by atoms with E-state index in [-0.39, 0.29) is 11.7 Å². The summed E-state index contributed by atoms with van der Waals surface area (Å²) in [5, 5.41) is 0. The van der Waals surface area contributed by atoms with Gasteiger partial charge >= 0.3 is 11.8 Å². The van der Waals surface area contributed by atoms with Crippen LogP contribution in [0.3, 0.4) is 0 Å². The van der Waals surface area contributed by atoms with E-state index in [0.717, 1.165) is 24.1 Å². The van der Waals surface area contributed by atoms with Crippen molar-refractivity contribution in [1.82, 2.24) is 9.80 Å². The molecule has 0 unspecified atom stereocenters. The molecule has 2 aliphatic rings. The predicted octanol–water partition coefficient (Wildman–Crippen LogP) is 1.54. The lowest BCUT2D eigenvalue weighted by Gasteiger charge is -2.36. The molecule has 3 heterocycles. The average Bonchev–Trinajstić information content (AvgIpc) is 3.27. The monoisotopic (exact) mass is 367 g/mol. The summed E-state index contributed by atoms with van der Waals surface area (Å²) >= 11 is 0. The van der Waals surface area contributed by atoms with Gasteiger partial charge in [0.05, 0.1) is 6.26 Å². The Hall–Kier alpha value is -3.09. The summed E-state index contributed by atoms with van der Waals surface area (Å²) in [6.07, 6.45) is 3.23. The molecule has 27 heavy (non-hydrogen) atoms. The van der Waals surface area contributed by atoms with E-state index in [1.54, 1.807) is 21.9 Å². The number of aryl methyl sites for hydroxylation is 1. The Labute approximate surface area is 157 Å². The van der Waals surface area contributed by atoms with E-state index in [1.165, 1.54) is 11.2 Å². The molecule has 1 aromatic carbocycles. The molecule has 0 atom stereocenters. The normalized spacial score (nSPS) is 16.8. The lowest BCUT2D eigenvalue weighted by molar-refractivity contribution is -0.145. The zero-order valence-electron chi connectivity index (χ0n) is 15.0. The fourth-order valence-corrected chi connectivity index (χ4v) is 3.66. The molecule has 2 aliphatic heterocycles. The molecule has 0 radical (unpaired) electrons. The number of rotatable bonds is 1. The van der Waals surface area contributed by atoms with E-state index >= 15 is 0 Å². The molecule has 0 N–H and O–H groups in total. The highest BCUT2D eigenvalue weighted by molar-refractivity contribution is 6.40. The third-order valence-corrected chi connectivity index (χ3v) is 5.12. The van der Waals surface area contributed by atoms with Gasteiger partial charge in [-0.2, -0.15) is 0 Å². The van der Waals surface area contributed by atoms with Crippen LogP contribution in [0.15, 0.2) is 47.1 Å². The van der Waals surface area contributed by atoms with E-state index in [9.17, 15) is 14.4 Å². The van der Waals surface area contributed by atoms with Crippen LogP contribution in [-0.2, 0) is 16.0 Å². The second kappa shape index (κ2) is 7.26. The van der Waals surface area contributed by atoms with E-state index < -0.39 is 11.8 Å². The quantitative estimate of drug-likeness (QED) is 0.717. The molecule has 3 amide bonds. The number of hydrogen-bond donors (Lipinski definition) is 0. The molecule has 1 fully saturated rings. The Balaban J connectivity index is 1.40. The topological polar surface area (TPSA) is 74.1 Å². The van der Waals surface area contributed by atoms with E-state index in [4.69, 9.17) is 4.42 Å². The van der Waals surface area contributed by atoms with Crippen molar-refractivity contribution in [3.63, 3.8) is 0 Å². The summed E-state index contributed by atoms with van der Waals surface area (Å²) in [5.74, 6) is -0.899. The zero-order valence-corrected chi connectivity index (χ0v) is 15.0. The molecule has 0 saturated carbocycles. The lowest BCUT2D eigenvalue weighted by Crippen LogP contribution is -2.55. The fraction of sp³-hybridized carbons (Fsp3) is 0.350. The van der Waals surface area contributed by atoms with Gasteiger partial charge in [0, 0.05) is 38.4 Å². The maximum atomic E-state index is 12.8. The van der Waals surface area contributed by atoms with Gasteiger partial charge in [-0.3, -0.25) is 14.4 Å². The van der Waals surface area contributed by atoms with Gasteiger partial charge in [0.2, 0.25) is 0 Å². The molecule has 140 valence electrons. The van der Waals surface area contributed by atoms with Gasteiger partial charge in [-0.25, -0.2) is 0 Å². The minimum Gasteiger partial charge on any atom is -0.459 e. The first-order valence-electron chi connectivity index (χ1n) is 9.16. The Morgan fingerprint density at radius 1 is 0.815 bits per heavy atom. The Bertz CT molecular complexity index is 854. The molecule has 0 bridgehead atoms. The smallest absolute Gasteiger partial charge is 0.316 e. The summed E-state index contributed by atoms with van der Waals surface area (Å²) in [4.78, 5) is 42.6. The summed E-state index contributed by atoms with van der Waals surface area (Å²) in [5.41, 5.74) is 1.92. The van der Waals surface area contributed by atoms with Gasteiger partial charge in [-0.15, -0.1) is 0 Å². The molecule has 0 spiro atoms. The number of para-hydroxylation sites is 1.